The highest BCUT2D eigenvalue weighted by Gasteiger charge is 2.16. The molecule has 0 fully saturated rings. The first-order valence-corrected chi connectivity index (χ1v) is 12.4. The van der Waals surface area contributed by atoms with Crippen molar-refractivity contribution in [2.45, 2.75) is 32.8 Å². The number of benzene rings is 3. The summed E-state index contributed by atoms with van der Waals surface area (Å²) in [5.41, 5.74) is 1.57. The predicted molar refractivity (Wildman–Crippen MR) is 143 cm³/mol. The van der Waals surface area contributed by atoms with Gasteiger partial charge >= 0.3 is 0 Å². The Morgan fingerprint density at radius 2 is 1.91 bits per heavy atom. The Balaban J connectivity index is 1.67. The average molecular weight is 577 g/mol. The van der Waals surface area contributed by atoms with Gasteiger partial charge in [0, 0.05) is 10.4 Å². The van der Waals surface area contributed by atoms with Gasteiger partial charge in [-0.25, -0.2) is 9.37 Å². The topological polar surface area (TPSA) is 56.5 Å². The molecule has 0 amide bonds. The minimum atomic E-state index is -0.350. The second-order valence-corrected chi connectivity index (χ2v) is 9.76. The van der Waals surface area contributed by atoms with E-state index >= 15 is 0 Å². The highest BCUT2D eigenvalue weighted by atomic mass is 79.9. The van der Waals surface area contributed by atoms with Gasteiger partial charge in [-0.05, 0) is 60.0 Å². The van der Waals surface area contributed by atoms with Crippen LogP contribution in [0.1, 0.15) is 43.1 Å². The second-order valence-electron chi connectivity index (χ2n) is 8.03. The number of fused-ring (bicyclic) bond motifs is 1. The van der Waals surface area contributed by atoms with E-state index in [1.54, 1.807) is 30.3 Å². The normalized spacial score (nSPS) is 12.4. The molecule has 1 aromatic heterocycles. The molecule has 0 aliphatic carbocycles. The number of rotatable bonds is 7. The van der Waals surface area contributed by atoms with E-state index < -0.39 is 0 Å². The van der Waals surface area contributed by atoms with Crippen molar-refractivity contribution in [1.29, 1.82) is 0 Å². The molecule has 1 atom stereocenters. The molecule has 0 aliphatic heterocycles. The van der Waals surface area contributed by atoms with Crippen LogP contribution in [0.25, 0.3) is 10.9 Å². The largest absolute Gasteiger partial charge is 0.486 e. The van der Waals surface area contributed by atoms with Crippen LogP contribution < -0.4 is 10.3 Å². The molecule has 35 heavy (non-hydrogen) atoms. The Labute approximate surface area is 220 Å². The van der Waals surface area contributed by atoms with Crippen LogP contribution in [0.2, 0.25) is 10.0 Å². The Morgan fingerprint density at radius 1 is 1.17 bits per heavy atom. The molecule has 0 bridgehead atoms. The molecule has 4 rings (SSSR count). The average Bonchev–Trinajstić information content (AvgIpc) is 2.82. The molecule has 0 saturated carbocycles. The zero-order valence-corrected chi connectivity index (χ0v) is 22.0. The van der Waals surface area contributed by atoms with Crippen molar-refractivity contribution in [1.82, 2.24) is 9.66 Å². The van der Waals surface area contributed by atoms with Crippen molar-refractivity contribution < 1.29 is 9.13 Å². The fraction of sp³-hybridized carbons (Fsp3) is 0.192. The Bertz CT molecular complexity index is 1470. The number of hydrogen-bond donors (Lipinski definition) is 0. The quantitative estimate of drug-likeness (QED) is 0.213. The van der Waals surface area contributed by atoms with Crippen molar-refractivity contribution in [2.24, 2.45) is 5.10 Å². The maximum atomic E-state index is 13.4. The van der Waals surface area contributed by atoms with Crippen molar-refractivity contribution in [3.63, 3.8) is 0 Å². The summed E-state index contributed by atoms with van der Waals surface area (Å²) in [6.07, 6.45) is 2.30. The van der Waals surface area contributed by atoms with Gasteiger partial charge < -0.3 is 4.74 Å². The lowest BCUT2D eigenvalue weighted by molar-refractivity contribution is 0.306. The lowest BCUT2D eigenvalue weighted by atomic mass is 10.1. The summed E-state index contributed by atoms with van der Waals surface area (Å²) < 4.78 is 21.2. The number of nitrogens with zero attached hydrogens (tertiary/aromatic N) is 3. The SMILES string of the molecule is CC[C@H](C)c1nc2ccc(Br)cc2c(=O)n1N=Cc1cc(Cl)c(OCc2cccc(F)c2)c(Cl)c1. The highest BCUT2D eigenvalue weighted by Crippen LogP contribution is 2.34. The summed E-state index contributed by atoms with van der Waals surface area (Å²) in [5.74, 6) is 0.510. The van der Waals surface area contributed by atoms with Crippen LogP contribution in [-0.2, 0) is 6.61 Å². The summed E-state index contributed by atoms with van der Waals surface area (Å²) in [4.78, 5) is 18.0. The third kappa shape index (κ3) is 5.74. The van der Waals surface area contributed by atoms with Crippen molar-refractivity contribution in [2.75, 3.05) is 0 Å². The maximum Gasteiger partial charge on any atom is 0.282 e. The molecule has 0 radical (unpaired) electrons. The van der Waals surface area contributed by atoms with E-state index in [1.165, 1.54) is 23.0 Å². The minimum Gasteiger partial charge on any atom is -0.486 e. The highest BCUT2D eigenvalue weighted by molar-refractivity contribution is 9.10. The van der Waals surface area contributed by atoms with E-state index in [1.807, 2.05) is 26.0 Å². The van der Waals surface area contributed by atoms with Gasteiger partial charge in [-0.15, -0.1) is 0 Å². The Morgan fingerprint density at radius 3 is 2.60 bits per heavy atom. The summed E-state index contributed by atoms with van der Waals surface area (Å²) in [6, 6.07) is 14.8. The van der Waals surface area contributed by atoms with Crippen molar-refractivity contribution >= 4 is 56.2 Å². The smallest absolute Gasteiger partial charge is 0.282 e. The van der Waals surface area contributed by atoms with Crippen LogP contribution in [0, 0.1) is 5.82 Å². The third-order valence-electron chi connectivity index (χ3n) is 5.50. The molecule has 0 spiro atoms. The van der Waals surface area contributed by atoms with E-state index in [-0.39, 0.29) is 39.7 Å². The molecule has 0 saturated heterocycles. The summed E-state index contributed by atoms with van der Waals surface area (Å²) in [6.45, 7) is 4.13. The monoisotopic (exact) mass is 575 g/mol. The number of aromatic nitrogens is 2. The number of halogens is 4. The first-order valence-electron chi connectivity index (χ1n) is 10.9. The van der Waals surface area contributed by atoms with Crippen LogP contribution in [0.5, 0.6) is 5.75 Å². The molecule has 0 N–H and O–H groups in total. The van der Waals surface area contributed by atoms with Gasteiger partial charge in [0.25, 0.3) is 5.56 Å². The van der Waals surface area contributed by atoms with Gasteiger partial charge in [0.05, 0.1) is 27.2 Å². The predicted octanol–water partition coefficient (Wildman–Crippen LogP) is 7.58. The first-order chi connectivity index (χ1) is 16.8. The van der Waals surface area contributed by atoms with Gasteiger partial charge in [-0.1, -0.05) is 65.1 Å². The van der Waals surface area contributed by atoms with Crippen LogP contribution >= 0.6 is 39.1 Å². The molecule has 5 nitrogen and oxygen atoms in total. The van der Waals surface area contributed by atoms with Crippen LogP contribution in [0.4, 0.5) is 4.39 Å². The third-order valence-corrected chi connectivity index (χ3v) is 6.56. The zero-order valence-electron chi connectivity index (χ0n) is 18.9. The molecule has 0 aliphatic rings. The summed E-state index contributed by atoms with van der Waals surface area (Å²) in [7, 11) is 0. The molecule has 0 unspecified atom stereocenters. The van der Waals surface area contributed by atoms with Gasteiger partial charge in [0.2, 0.25) is 0 Å². The van der Waals surface area contributed by atoms with E-state index in [2.05, 4.69) is 21.0 Å². The van der Waals surface area contributed by atoms with E-state index in [0.29, 0.717) is 27.9 Å². The summed E-state index contributed by atoms with van der Waals surface area (Å²) in [5, 5.41) is 5.44. The van der Waals surface area contributed by atoms with E-state index in [9.17, 15) is 9.18 Å². The Kier molecular flexibility index (Phi) is 7.89. The molecule has 9 heteroatoms. The van der Waals surface area contributed by atoms with Gasteiger partial charge in [0.1, 0.15) is 18.2 Å². The molecule has 180 valence electrons. The lowest BCUT2D eigenvalue weighted by Gasteiger charge is -2.14. The maximum absolute atomic E-state index is 13.4. The fourth-order valence-corrected chi connectivity index (χ4v) is 4.45. The molecular formula is C26H21BrCl2FN3O2. The first kappa shape index (κ1) is 25.4. The lowest BCUT2D eigenvalue weighted by Crippen LogP contribution is -2.23. The molecule has 1 heterocycles. The minimum absolute atomic E-state index is 0.0127. The van der Waals surface area contributed by atoms with E-state index in [4.69, 9.17) is 32.9 Å². The second kappa shape index (κ2) is 10.9. The van der Waals surface area contributed by atoms with Gasteiger partial charge in [-0.2, -0.15) is 9.78 Å². The fourth-order valence-electron chi connectivity index (χ4n) is 3.48. The zero-order chi connectivity index (χ0) is 25.1. The standard InChI is InChI=1S/C26H21BrCl2FN3O2/c1-3-15(2)25-32-23-8-7-18(27)12-20(23)26(34)33(25)31-13-17-10-21(28)24(22(29)11-17)35-14-16-5-4-6-19(30)9-16/h4-13,15H,3,14H2,1-2H3/t15-/m0/s1. The molecular weight excluding hydrogens is 556 g/mol. The van der Waals surface area contributed by atoms with Gasteiger partial charge in [0.15, 0.2) is 5.75 Å². The van der Waals surface area contributed by atoms with E-state index in [0.717, 1.165) is 10.9 Å². The number of ether oxygens (including phenoxy) is 1. The number of hydrogen-bond acceptors (Lipinski definition) is 4. The van der Waals surface area contributed by atoms with Gasteiger partial charge in [-0.3, -0.25) is 4.79 Å². The molecule has 4 aromatic rings. The van der Waals surface area contributed by atoms with Crippen LogP contribution in [0.3, 0.4) is 0 Å². The Hall–Kier alpha value is -2.74. The van der Waals surface area contributed by atoms with Crippen LogP contribution in [0.15, 0.2) is 69.0 Å². The van der Waals surface area contributed by atoms with Crippen molar-refractivity contribution in [3.8, 4) is 5.75 Å². The van der Waals surface area contributed by atoms with Crippen molar-refractivity contribution in [3.05, 3.63) is 102 Å². The van der Waals surface area contributed by atoms with Crippen LogP contribution in [-0.4, -0.2) is 15.9 Å². The molecule has 3 aromatic carbocycles. The summed E-state index contributed by atoms with van der Waals surface area (Å²) >= 11 is 16.2.